The van der Waals surface area contributed by atoms with Crippen molar-refractivity contribution in [3.8, 4) is 6.07 Å². The zero-order valence-electron chi connectivity index (χ0n) is 11.4. The van der Waals surface area contributed by atoms with Crippen molar-refractivity contribution in [1.29, 1.82) is 5.26 Å². The number of nitrogens with zero attached hydrogens (tertiary/aromatic N) is 6. The molecule has 4 heterocycles. The standard InChI is InChI=1S/C14H14N6O/c15-5-10-1-2-14(16-6-10)19-4-3-13-12(8-19)20-11(9-21-13)7-17-18-20/h1-2,6-7,12-13H,3-4,8-9H2/t12-,13+/m0/s1. The van der Waals surface area contributed by atoms with Gasteiger partial charge in [-0.2, -0.15) is 5.26 Å². The van der Waals surface area contributed by atoms with Crippen LogP contribution in [0, 0.1) is 11.3 Å². The minimum Gasteiger partial charge on any atom is -0.370 e. The van der Waals surface area contributed by atoms with Crippen LogP contribution >= 0.6 is 0 Å². The van der Waals surface area contributed by atoms with Gasteiger partial charge in [0.15, 0.2) is 0 Å². The van der Waals surface area contributed by atoms with Crippen LogP contribution in [-0.2, 0) is 11.3 Å². The summed E-state index contributed by atoms with van der Waals surface area (Å²) in [5.41, 5.74) is 1.60. The van der Waals surface area contributed by atoms with Gasteiger partial charge in [-0.15, -0.1) is 5.10 Å². The van der Waals surface area contributed by atoms with Gasteiger partial charge >= 0.3 is 0 Å². The highest BCUT2D eigenvalue weighted by Gasteiger charge is 2.36. The summed E-state index contributed by atoms with van der Waals surface area (Å²) < 4.78 is 7.87. The third-order valence-corrected chi connectivity index (χ3v) is 4.13. The monoisotopic (exact) mass is 282 g/mol. The summed E-state index contributed by atoms with van der Waals surface area (Å²) in [6.45, 7) is 2.27. The van der Waals surface area contributed by atoms with Gasteiger partial charge in [0.1, 0.15) is 11.9 Å². The molecule has 21 heavy (non-hydrogen) atoms. The van der Waals surface area contributed by atoms with Crippen LogP contribution in [0.15, 0.2) is 24.5 Å². The molecule has 0 N–H and O–H groups in total. The highest BCUT2D eigenvalue weighted by Crippen LogP contribution is 2.31. The van der Waals surface area contributed by atoms with E-state index in [-0.39, 0.29) is 12.1 Å². The number of pyridine rings is 1. The van der Waals surface area contributed by atoms with E-state index >= 15 is 0 Å². The van der Waals surface area contributed by atoms with Crippen LogP contribution in [0.3, 0.4) is 0 Å². The summed E-state index contributed by atoms with van der Waals surface area (Å²) in [7, 11) is 0. The first-order valence-corrected chi connectivity index (χ1v) is 6.97. The molecule has 2 aliphatic rings. The number of hydrogen-bond acceptors (Lipinski definition) is 6. The molecular formula is C14H14N6O. The maximum absolute atomic E-state index is 8.84. The lowest BCUT2D eigenvalue weighted by molar-refractivity contribution is -0.0373. The molecule has 2 aromatic rings. The first kappa shape index (κ1) is 12.3. The second-order valence-electron chi connectivity index (χ2n) is 5.34. The van der Waals surface area contributed by atoms with Gasteiger partial charge in [0.2, 0.25) is 0 Å². The van der Waals surface area contributed by atoms with Crippen LogP contribution in [0.5, 0.6) is 0 Å². The fourth-order valence-corrected chi connectivity index (χ4v) is 3.03. The Kier molecular flexibility index (Phi) is 2.82. The van der Waals surface area contributed by atoms with Crippen LogP contribution in [0.4, 0.5) is 5.82 Å². The fraction of sp³-hybridized carbons (Fsp3) is 0.429. The Balaban J connectivity index is 1.59. The van der Waals surface area contributed by atoms with Crippen LogP contribution in [-0.4, -0.2) is 39.2 Å². The molecule has 0 aromatic carbocycles. The van der Waals surface area contributed by atoms with Crippen molar-refractivity contribution < 1.29 is 4.74 Å². The molecule has 0 bridgehead atoms. The molecule has 0 unspecified atom stereocenters. The molecular weight excluding hydrogens is 268 g/mol. The van der Waals surface area contributed by atoms with Crippen LogP contribution in [0.2, 0.25) is 0 Å². The molecule has 0 radical (unpaired) electrons. The Labute approximate surface area is 121 Å². The highest BCUT2D eigenvalue weighted by molar-refractivity contribution is 5.42. The predicted octanol–water partition coefficient (Wildman–Crippen LogP) is 0.895. The van der Waals surface area contributed by atoms with Crippen molar-refractivity contribution in [2.24, 2.45) is 0 Å². The highest BCUT2D eigenvalue weighted by atomic mass is 16.5. The summed E-state index contributed by atoms with van der Waals surface area (Å²) in [6.07, 6.45) is 4.49. The summed E-state index contributed by atoms with van der Waals surface area (Å²) in [5.74, 6) is 0.889. The van der Waals surface area contributed by atoms with Gasteiger partial charge in [-0.05, 0) is 18.6 Å². The molecule has 4 rings (SSSR count). The Morgan fingerprint density at radius 1 is 1.33 bits per heavy atom. The SMILES string of the molecule is N#Cc1ccc(N2CC[C@H]3OCc4cnnn4[C@H]3C2)nc1. The molecule has 0 aliphatic carbocycles. The van der Waals surface area contributed by atoms with Crippen molar-refractivity contribution in [1.82, 2.24) is 20.0 Å². The van der Waals surface area contributed by atoms with Gasteiger partial charge in [0, 0.05) is 19.3 Å². The van der Waals surface area contributed by atoms with E-state index in [1.165, 1.54) is 0 Å². The molecule has 7 nitrogen and oxygen atoms in total. The zero-order chi connectivity index (χ0) is 14.2. The van der Waals surface area contributed by atoms with Crippen molar-refractivity contribution in [3.63, 3.8) is 0 Å². The third-order valence-electron chi connectivity index (χ3n) is 4.13. The van der Waals surface area contributed by atoms with Gasteiger partial charge in [0.05, 0.1) is 36.2 Å². The van der Waals surface area contributed by atoms with Crippen molar-refractivity contribution >= 4 is 5.82 Å². The third kappa shape index (κ3) is 2.04. The maximum Gasteiger partial charge on any atom is 0.128 e. The van der Waals surface area contributed by atoms with E-state index in [4.69, 9.17) is 10.00 Å². The molecule has 1 saturated heterocycles. The minimum absolute atomic E-state index is 0.169. The van der Waals surface area contributed by atoms with E-state index in [0.29, 0.717) is 12.2 Å². The quantitative estimate of drug-likeness (QED) is 0.773. The lowest BCUT2D eigenvalue weighted by atomic mass is 10.0. The second kappa shape index (κ2) is 4.82. The Morgan fingerprint density at radius 2 is 2.29 bits per heavy atom. The molecule has 0 spiro atoms. The van der Waals surface area contributed by atoms with Crippen molar-refractivity contribution in [2.75, 3.05) is 18.0 Å². The van der Waals surface area contributed by atoms with Gasteiger partial charge < -0.3 is 9.64 Å². The molecule has 7 heteroatoms. The lowest BCUT2D eigenvalue weighted by Gasteiger charge is -2.41. The topological polar surface area (TPSA) is 79.9 Å². The Hall–Kier alpha value is -2.46. The van der Waals surface area contributed by atoms with E-state index in [9.17, 15) is 0 Å². The van der Waals surface area contributed by atoms with Gasteiger partial charge in [-0.25, -0.2) is 9.67 Å². The Bertz CT molecular complexity index is 688. The van der Waals surface area contributed by atoms with E-state index in [1.54, 1.807) is 18.5 Å². The summed E-state index contributed by atoms with van der Waals surface area (Å²) in [5, 5.41) is 17.0. The van der Waals surface area contributed by atoms with E-state index in [2.05, 4.69) is 26.3 Å². The molecule has 106 valence electrons. The summed E-state index contributed by atoms with van der Waals surface area (Å²) in [6, 6.07) is 5.95. The molecule has 2 aliphatic heterocycles. The van der Waals surface area contributed by atoms with E-state index < -0.39 is 0 Å². The first-order valence-electron chi connectivity index (χ1n) is 6.97. The lowest BCUT2D eigenvalue weighted by Crippen LogP contribution is -2.48. The number of anilines is 1. The Morgan fingerprint density at radius 3 is 3.10 bits per heavy atom. The zero-order valence-corrected chi connectivity index (χ0v) is 11.4. The number of fused-ring (bicyclic) bond motifs is 3. The van der Waals surface area contributed by atoms with Crippen LogP contribution in [0.1, 0.15) is 23.7 Å². The maximum atomic E-state index is 8.84. The van der Waals surface area contributed by atoms with Gasteiger partial charge in [-0.1, -0.05) is 5.21 Å². The number of ether oxygens (including phenoxy) is 1. The van der Waals surface area contributed by atoms with Gasteiger partial charge in [-0.3, -0.25) is 0 Å². The molecule has 2 aromatic heterocycles. The van der Waals surface area contributed by atoms with Crippen molar-refractivity contribution in [2.45, 2.75) is 25.2 Å². The smallest absolute Gasteiger partial charge is 0.128 e. The fourth-order valence-electron chi connectivity index (χ4n) is 3.03. The van der Waals surface area contributed by atoms with Crippen molar-refractivity contribution in [3.05, 3.63) is 35.8 Å². The minimum atomic E-state index is 0.169. The molecule has 2 atom stereocenters. The van der Waals surface area contributed by atoms with Crippen LogP contribution < -0.4 is 4.90 Å². The molecule has 0 saturated carbocycles. The predicted molar refractivity (Wildman–Crippen MR) is 73.4 cm³/mol. The number of rotatable bonds is 1. The largest absolute Gasteiger partial charge is 0.370 e. The van der Waals surface area contributed by atoms with Crippen LogP contribution in [0.25, 0.3) is 0 Å². The van der Waals surface area contributed by atoms with E-state index in [1.807, 2.05) is 10.7 Å². The number of piperidine rings is 1. The number of aromatic nitrogens is 4. The second-order valence-corrected chi connectivity index (χ2v) is 5.34. The summed E-state index contributed by atoms with van der Waals surface area (Å²) >= 11 is 0. The van der Waals surface area contributed by atoms with E-state index in [0.717, 1.165) is 31.0 Å². The first-order chi connectivity index (χ1) is 10.3. The molecule has 0 amide bonds. The summed E-state index contributed by atoms with van der Waals surface area (Å²) in [4.78, 5) is 6.58. The average molecular weight is 282 g/mol. The van der Waals surface area contributed by atoms with Gasteiger partial charge in [0.25, 0.3) is 0 Å². The average Bonchev–Trinajstić information content (AvgIpc) is 3.03. The number of hydrogen-bond donors (Lipinski definition) is 0. The normalized spacial score (nSPS) is 24.0. The molecule has 1 fully saturated rings. The number of nitriles is 1.